The molecule has 1 aromatic heterocycles. The Morgan fingerprint density at radius 3 is 2.32 bits per heavy atom. The third-order valence-electron chi connectivity index (χ3n) is 4.65. The van der Waals surface area contributed by atoms with E-state index in [0.717, 1.165) is 9.13 Å². The normalized spacial score (nSPS) is 16.2. The molecule has 0 spiro atoms. The van der Waals surface area contributed by atoms with Crippen LogP contribution in [0.2, 0.25) is 0 Å². The Bertz CT molecular complexity index is 1170. The number of sulfone groups is 1. The zero-order chi connectivity index (χ0) is 19.9. The van der Waals surface area contributed by atoms with Gasteiger partial charge in [-0.05, 0) is 52.9 Å². The maximum Gasteiger partial charge on any atom is 0.335 e. The first-order valence-electron chi connectivity index (χ1n) is 8.59. The van der Waals surface area contributed by atoms with E-state index in [9.17, 15) is 18.3 Å². The van der Waals surface area contributed by atoms with Gasteiger partial charge in [-0.3, -0.25) is 0 Å². The SMILES string of the molecule is O=C(O)c1ccc2nc(-c3ccc(I)cc3)c(N3CCS(=O)(=O)CC3)nc2c1. The summed E-state index contributed by atoms with van der Waals surface area (Å²) in [5.41, 5.74) is 2.73. The van der Waals surface area contributed by atoms with Crippen LogP contribution in [0.5, 0.6) is 0 Å². The second-order valence-electron chi connectivity index (χ2n) is 6.55. The van der Waals surface area contributed by atoms with Crippen LogP contribution in [-0.4, -0.2) is 54.1 Å². The van der Waals surface area contributed by atoms with Crippen molar-refractivity contribution in [3.05, 3.63) is 51.6 Å². The average Bonchev–Trinajstić information content (AvgIpc) is 2.67. The molecule has 3 aromatic rings. The van der Waals surface area contributed by atoms with Gasteiger partial charge in [0.2, 0.25) is 0 Å². The number of anilines is 1. The summed E-state index contributed by atoms with van der Waals surface area (Å²) in [5.74, 6) is -0.329. The van der Waals surface area contributed by atoms with Crippen LogP contribution in [0.15, 0.2) is 42.5 Å². The monoisotopic (exact) mass is 509 g/mol. The summed E-state index contributed by atoms with van der Waals surface area (Å²) in [7, 11) is -3.04. The zero-order valence-corrected chi connectivity index (χ0v) is 17.6. The molecule has 0 atom stereocenters. The van der Waals surface area contributed by atoms with Crippen molar-refractivity contribution >= 4 is 55.2 Å². The van der Waals surface area contributed by atoms with E-state index in [1.165, 1.54) is 12.1 Å². The number of aromatic nitrogens is 2. The molecule has 1 aliphatic rings. The number of fused-ring (bicyclic) bond motifs is 1. The van der Waals surface area contributed by atoms with Gasteiger partial charge in [0.05, 0.1) is 28.1 Å². The molecule has 2 aromatic carbocycles. The smallest absolute Gasteiger partial charge is 0.335 e. The summed E-state index contributed by atoms with van der Waals surface area (Å²) in [6.45, 7) is 0.664. The molecule has 7 nitrogen and oxygen atoms in total. The molecule has 1 N–H and O–H groups in total. The Kier molecular flexibility index (Phi) is 4.96. The van der Waals surface area contributed by atoms with Crippen LogP contribution in [0.3, 0.4) is 0 Å². The Hall–Kier alpha value is -2.27. The molecule has 0 unspecified atom stereocenters. The molecule has 9 heteroatoms. The Labute approximate surface area is 175 Å². The Balaban J connectivity index is 1.88. The first kappa shape index (κ1) is 19.1. The summed E-state index contributed by atoms with van der Waals surface area (Å²) in [6.07, 6.45) is 0. The lowest BCUT2D eigenvalue weighted by Gasteiger charge is -2.29. The number of hydrogen-bond acceptors (Lipinski definition) is 6. The van der Waals surface area contributed by atoms with Crippen LogP contribution < -0.4 is 4.90 Å². The zero-order valence-electron chi connectivity index (χ0n) is 14.7. The number of hydrogen-bond donors (Lipinski definition) is 1. The van der Waals surface area contributed by atoms with E-state index in [1.54, 1.807) is 6.07 Å². The molecular formula is C19H16IN3O4S. The molecule has 0 amide bonds. The molecule has 0 radical (unpaired) electrons. The van der Waals surface area contributed by atoms with Gasteiger partial charge in [0, 0.05) is 22.2 Å². The van der Waals surface area contributed by atoms with E-state index in [2.05, 4.69) is 22.6 Å². The lowest BCUT2D eigenvalue weighted by molar-refractivity contribution is 0.0697. The average molecular weight is 509 g/mol. The summed E-state index contributed by atoms with van der Waals surface area (Å²) >= 11 is 2.23. The largest absolute Gasteiger partial charge is 0.478 e. The van der Waals surface area contributed by atoms with Gasteiger partial charge in [0.15, 0.2) is 15.7 Å². The first-order valence-corrected chi connectivity index (χ1v) is 11.5. The topological polar surface area (TPSA) is 100 Å². The predicted molar refractivity (Wildman–Crippen MR) is 116 cm³/mol. The van der Waals surface area contributed by atoms with Gasteiger partial charge >= 0.3 is 5.97 Å². The fourth-order valence-corrected chi connectivity index (χ4v) is 4.68. The van der Waals surface area contributed by atoms with E-state index < -0.39 is 15.8 Å². The molecule has 1 aliphatic heterocycles. The number of carboxylic acid groups (broad SMARTS) is 1. The fraction of sp³-hybridized carbons (Fsp3) is 0.211. The molecule has 1 saturated heterocycles. The van der Waals surface area contributed by atoms with Gasteiger partial charge in [-0.2, -0.15) is 0 Å². The van der Waals surface area contributed by atoms with Gasteiger partial charge in [-0.15, -0.1) is 0 Å². The highest BCUT2D eigenvalue weighted by Gasteiger charge is 2.25. The number of carboxylic acids is 1. The highest BCUT2D eigenvalue weighted by atomic mass is 127. The number of nitrogens with zero attached hydrogens (tertiary/aromatic N) is 3. The van der Waals surface area contributed by atoms with Crippen molar-refractivity contribution in [1.82, 2.24) is 9.97 Å². The van der Waals surface area contributed by atoms with E-state index in [0.29, 0.717) is 35.6 Å². The number of benzene rings is 2. The van der Waals surface area contributed by atoms with Crippen LogP contribution in [0.1, 0.15) is 10.4 Å². The van der Waals surface area contributed by atoms with Crippen LogP contribution in [0.25, 0.3) is 22.3 Å². The van der Waals surface area contributed by atoms with Crippen molar-refractivity contribution in [3.63, 3.8) is 0 Å². The first-order chi connectivity index (χ1) is 13.3. The van der Waals surface area contributed by atoms with Crippen molar-refractivity contribution in [1.29, 1.82) is 0 Å². The Morgan fingerprint density at radius 2 is 1.68 bits per heavy atom. The number of halogens is 1. The molecule has 2 heterocycles. The van der Waals surface area contributed by atoms with Gasteiger partial charge in [0.25, 0.3) is 0 Å². The molecule has 0 aliphatic carbocycles. The molecular weight excluding hydrogens is 493 g/mol. The number of carbonyl (C=O) groups is 1. The molecule has 1 fully saturated rings. The summed E-state index contributed by atoms with van der Waals surface area (Å²) in [4.78, 5) is 22.6. The highest BCUT2D eigenvalue weighted by Crippen LogP contribution is 2.31. The van der Waals surface area contributed by atoms with Gasteiger partial charge < -0.3 is 10.0 Å². The van der Waals surface area contributed by atoms with Crippen molar-refractivity contribution < 1.29 is 18.3 Å². The number of rotatable bonds is 3. The van der Waals surface area contributed by atoms with Gasteiger partial charge in [-0.1, -0.05) is 12.1 Å². The minimum Gasteiger partial charge on any atom is -0.478 e. The summed E-state index contributed by atoms with van der Waals surface area (Å²) in [6, 6.07) is 12.5. The van der Waals surface area contributed by atoms with Crippen LogP contribution in [0.4, 0.5) is 5.82 Å². The quantitative estimate of drug-likeness (QED) is 0.542. The third-order valence-corrected chi connectivity index (χ3v) is 6.98. The standard InChI is InChI=1S/C19H16IN3O4S/c20-14-4-1-12(2-5-14)17-18(23-7-9-28(26,27)10-8-23)22-16-11-13(19(24)25)3-6-15(16)21-17/h1-6,11H,7-10H2,(H,24,25). The minimum atomic E-state index is -3.04. The highest BCUT2D eigenvalue weighted by molar-refractivity contribution is 14.1. The molecule has 0 saturated carbocycles. The molecule has 0 bridgehead atoms. The summed E-state index contributed by atoms with van der Waals surface area (Å²) in [5, 5.41) is 9.25. The van der Waals surface area contributed by atoms with E-state index in [4.69, 9.17) is 9.97 Å². The fourth-order valence-electron chi connectivity index (χ4n) is 3.12. The van der Waals surface area contributed by atoms with Gasteiger partial charge in [0.1, 0.15) is 5.69 Å². The van der Waals surface area contributed by atoms with Crippen LogP contribution in [0, 0.1) is 3.57 Å². The van der Waals surface area contributed by atoms with Crippen molar-refractivity contribution in [2.75, 3.05) is 29.5 Å². The van der Waals surface area contributed by atoms with Crippen molar-refractivity contribution in [2.24, 2.45) is 0 Å². The third kappa shape index (κ3) is 3.81. The molecule has 28 heavy (non-hydrogen) atoms. The molecule has 4 rings (SSSR count). The minimum absolute atomic E-state index is 0.0635. The lowest BCUT2D eigenvalue weighted by atomic mass is 10.1. The second-order valence-corrected chi connectivity index (χ2v) is 10.1. The van der Waals surface area contributed by atoms with Gasteiger partial charge in [-0.25, -0.2) is 23.2 Å². The van der Waals surface area contributed by atoms with Crippen LogP contribution in [-0.2, 0) is 9.84 Å². The van der Waals surface area contributed by atoms with E-state index in [-0.39, 0.29) is 17.1 Å². The maximum absolute atomic E-state index is 11.8. The van der Waals surface area contributed by atoms with Crippen LogP contribution >= 0.6 is 22.6 Å². The summed E-state index contributed by atoms with van der Waals surface area (Å²) < 4.78 is 24.7. The second kappa shape index (κ2) is 7.28. The maximum atomic E-state index is 11.8. The lowest BCUT2D eigenvalue weighted by Crippen LogP contribution is -2.41. The Morgan fingerprint density at radius 1 is 1.00 bits per heavy atom. The molecule has 144 valence electrons. The number of aromatic carboxylic acids is 1. The van der Waals surface area contributed by atoms with E-state index in [1.807, 2.05) is 29.2 Å². The van der Waals surface area contributed by atoms with Crippen molar-refractivity contribution in [3.8, 4) is 11.3 Å². The van der Waals surface area contributed by atoms with Crippen molar-refractivity contribution in [2.45, 2.75) is 0 Å². The van der Waals surface area contributed by atoms with E-state index >= 15 is 0 Å². The predicted octanol–water partition coefficient (Wildman–Crippen LogP) is 2.83.